The zero-order valence-electron chi connectivity index (χ0n) is 17.5. The summed E-state index contributed by atoms with van der Waals surface area (Å²) < 4.78 is 1.16. The maximum absolute atomic E-state index is 12.6. The number of carbonyl (C=O) groups excluding carboxylic acids is 2. The zero-order valence-corrected chi connectivity index (χ0v) is 17.5. The van der Waals surface area contributed by atoms with Crippen LogP contribution in [0.15, 0.2) is 59.4 Å². The fourth-order valence-corrected chi connectivity index (χ4v) is 3.14. The number of nitrogens with one attached hydrogen (secondary N) is 2. The van der Waals surface area contributed by atoms with Gasteiger partial charge >= 0.3 is 0 Å². The quantitative estimate of drug-likeness (QED) is 0.432. The summed E-state index contributed by atoms with van der Waals surface area (Å²) in [6.45, 7) is 3.13. The molecule has 0 spiro atoms. The highest BCUT2D eigenvalue weighted by Crippen LogP contribution is 2.22. The molecule has 0 saturated carbocycles. The number of hydrogen-bond donors (Lipinski definition) is 2. The lowest BCUT2D eigenvalue weighted by Crippen LogP contribution is -2.37. The SMILES string of the molecule is CCc1ccccc1NC(=O)CNC(=O)c1nn(-c2ccccc2[N+](=O)[O-])c(C)cc1=O. The Morgan fingerprint density at radius 2 is 1.81 bits per heavy atom. The Bertz CT molecular complexity index is 1250. The van der Waals surface area contributed by atoms with E-state index in [-0.39, 0.29) is 17.9 Å². The van der Waals surface area contributed by atoms with Crippen molar-refractivity contribution >= 4 is 23.2 Å². The van der Waals surface area contributed by atoms with Gasteiger partial charge in [-0.05, 0) is 31.0 Å². The van der Waals surface area contributed by atoms with Crippen LogP contribution in [0.3, 0.4) is 0 Å². The number of amides is 2. The molecule has 10 heteroatoms. The minimum Gasteiger partial charge on any atom is -0.341 e. The maximum Gasteiger partial charge on any atom is 0.294 e. The van der Waals surface area contributed by atoms with Gasteiger partial charge in [0.15, 0.2) is 5.69 Å². The number of aromatic nitrogens is 2. The topological polar surface area (TPSA) is 136 Å². The smallest absolute Gasteiger partial charge is 0.294 e. The fraction of sp³-hybridized carbons (Fsp3) is 0.182. The van der Waals surface area contributed by atoms with Crippen molar-refractivity contribution in [3.63, 3.8) is 0 Å². The Kier molecular flexibility index (Phi) is 6.74. The molecule has 164 valence electrons. The molecule has 3 rings (SSSR count). The molecule has 0 aliphatic heterocycles. The monoisotopic (exact) mass is 435 g/mol. The lowest BCUT2D eigenvalue weighted by atomic mass is 10.1. The molecule has 2 aromatic carbocycles. The van der Waals surface area contributed by atoms with Gasteiger partial charge in [0.25, 0.3) is 11.6 Å². The number of aryl methyl sites for hydroxylation is 2. The number of benzene rings is 2. The number of para-hydroxylation sites is 3. The summed E-state index contributed by atoms with van der Waals surface area (Å²) in [6.07, 6.45) is 0.723. The van der Waals surface area contributed by atoms with Crippen molar-refractivity contribution in [2.75, 3.05) is 11.9 Å². The van der Waals surface area contributed by atoms with E-state index in [9.17, 15) is 24.5 Å². The van der Waals surface area contributed by atoms with Gasteiger partial charge in [0.2, 0.25) is 11.3 Å². The number of nitro groups is 1. The van der Waals surface area contributed by atoms with Gasteiger partial charge in [-0.3, -0.25) is 24.5 Å². The van der Waals surface area contributed by atoms with E-state index in [1.54, 1.807) is 25.1 Å². The number of carbonyl (C=O) groups is 2. The van der Waals surface area contributed by atoms with Crippen LogP contribution < -0.4 is 16.1 Å². The number of anilines is 1. The molecule has 0 bridgehead atoms. The average molecular weight is 435 g/mol. The molecule has 0 radical (unpaired) electrons. The molecule has 0 aliphatic carbocycles. The average Bonchev–Trinajstić information content (AvgIpc) is 2.78. The molecule has 32 heavy (non-hydrogen) atoms. The first-order valence-corrected chi connectivity index (χ1v) is 9.82. The van der Waals surface area contributed by atoms with Gasteiger partial charge in [0, 0.05) is 23.5 Å². The summed E-state index contributed by atoms with van der Waals surface area (Å²) in [4.78, 5) is 47.9. The maximum atomic E-state index is 12.6. The molecular formula is C22H21N5O5. The van der Waals surface area contributed by atoms with E-state index in [1.807, 2.05) is 19.1 Å². The van der Waals surface area contributed by atoms with Crippen molar-refractivity contribution in [2.24, 2.45) is 0 Å². The molecule has 0 fully saturated rings. The largest absolute Gasteiger partial charge is 0.341 e. The van der Waals surface area contributed by atoms with Crippen molar-refractivity contribution in [3.8, 4) is 5.69 Å². The van der Waals surface area contributed by atoms with E-state index in [0.29, 0.717) is 11.4 Å². The molecule has 0 aliphatic rings. The van der Waals surface area contributed by atoms with Gasteiger partial charge < -0.3 is 10.6 Å². The number of rotatable bonds is 7. The van der Waals surface area contributed by atoms with Crippen LogP contribution in [0.25, 0.3) is 5.69 Å². The molecule has 2 amide bonds. The first kappa shape index (κ1) is 22.3. The van der Waals surface area contributed by atoms with Crippen molar-refractivity contribution in [1.82, 2.24) is 15.1 Å². The summed E-state index contributed by atoms with van der Waals surface area (Å²) >= 11 is 0. The van der Waals surface area contributed by atoms with Crippen LogP contribution in [0.2, 0.25) is 0 Å². The van der Waals surface area contributed by atoms with E-state index >= 15 is 0 Å². The zero-order chi connectivity index (χ0) is 23.3. The van der Waals surface area contributed by atoms with Gasteiger partial charge in [-0.1, -0.05) is 37.3 Å². The molecule has 2 N–H and O–H groups in total. The molecular weight excluding hydrogens is 414 g/mol. The van der Waals surface area contributed by atoms with Crippen molar-refractivity contribution in [2.45, 2.75) is 20.3 Å². The van der Waals surface area contributed by atoms with Crippen LogP contribution >= 0.6 is 0 Å². The summed E-state index contributed by atoms with van der Waals surface area (Å²) in [7, 11) is 0. The Labute approximate surface area is 183 Å². The number of hydrogen-bond acceptors (Lipinski definition) is 6. The van der Waals surface area contributed by atoms with Crippen molar-refractivity contribution in [3.05, 3.63) is 91.9 Å². The minimum atomic E-state index is -0.860. The summed E-state index contributed by atoms with van der Waals surface area (Å²) in [6, 6.07) is 14.3. The highest BCUT2D eigenvalue weighted by Gasteiger charge is 2.20. The Morgan fingerprint density at radius 1 is 1.12 bits per heavy atom. The Balaban J connectivity index is 1.80. The third kappa shape index (κ3) is 4.86. The molecule has 1 aromatic heterocycles. The molecule has 0 unspecified atom stereocenters. The first-order chi connectivity index (χ1) is 15.3. The van der Waals surface area contributed by atoms with E-state index in [1.165, 1.54) is 18.2 Å². The van der Waals surface area contributed by atoms with Crippen LogP contribution in [0.4, 0.5) is 11.4 Å². The van der Waals surface area contributed by atoms with E-state index < -0.39 is 27.9 Å². The van der Waals surface area contributed by atoms with E-state index in [0.717, 1.165) is 22.7 Å². The molecule has 0 saturated heterocycles. The number of nitrogens with zero attached hydrogens (tertiary/aromatic N) is 3. The van der Waals surface area contributed by atoms with Crippen molar-refractivity contribution < 1.29 is 14.5 Å². The predicted octanol–water partition coefficient (Wildman–Crippen LogP) is 2.38. The highest BCUT2D eigenvalue weighted by atomic mass is 16.6. The fourth-order valence-electron chi connectivity index (χ4n) is 3.14. The second-order valence-corrected chi connectivity index (χ2v) is 6.90. The molecule has 3 aromatic rings. The second kappa shape index (κ2) is 9.65. The normalized spacial score (nSPS) is 10.4. The molecule has 1 heterocycles. The van der Waals surface area contributed by atoms with E-state index in [2.05, 4.69) is 15.7 Å². The highest BCUT2D eigenvalue weighted by molar-refractivity contribution is 5.98. The van der Waals surface area contributed by atoms with Crippen LogP contribution in [-0.2, 0) is 11.2 Å². The standard InChI is InChI=1S/C22H21N5O5/c1-3-15-8-4-5-9-16(15)24-20(29)13-23-22(30)21-19(28)12-14(2)26(25-21)17-10-6-7-11-18(17)27(31)32/h4-12H,3,13H2,1-2H3,(H,23,30)(H,24,29). The van der Waals surface area contributed by atoms with Gasteiger partial charge in [0.05, 0.1) is 11.5 Å². The van der Waals surface area contributed by atoms with E-state index in [4.69, 9.17) is 0 Å². The minimum absolute atomic E-state index is 0.109. The van der Waals surface area contributed by atoms with Crippen LogP contribution in [0.5, 0.6) is 0 Å². The van der Waals surface area contributed by atoms with Gasteiger partial charge in [0.1, 0.15) is 5.69 Å². The molecule has 10 nitrogen and oxygen atoms in total. The van der Waals surface area contributed by atoms with Gasteiger partial charge in [-0.2, -0.15) is 5.10 Å². The summed E-state index contributed by atoms with van der Waals surface area (Å²) in [5.41, 5.74) is 0.642. The van der Waals surface area contributed by atoms with Crippen molar-refractivity contribution in [1.29, 1.82) is 0 Å². The summed E-state index contributed by atoms with van der Waals surface area (Å²) in [5.74, 6) is -1.33. The third-order valence-electron chi connectivity index (χ3n) is 4.71. The second-order valence-electron chi connectivity index (χ2n) is 6.90. The third-order valence-corrected chi connectivity index (χ3v) is 4.71. The first-order valence-electron chi connectivity index (χ1n) is 9.82. The lowest BCUT2D eigenvalue weighted by Gasteiger charge is -2.12. The number of nitro benzene ring substituents is 1. The Hall–Kier alpha value is -4.34. The van der Waals surface area contributed by atoms with Gasteiger partial charge in [-0.25, -0.2) is 4.68 Å². The molecule has 0 atom stereocenters. The predicted molar refractivity (Wildman–Crippen MR) is 118 cm³/mol. The van der Waals surface area contributed by atoms with Gasteiger partial charge in [-0.15, -0.1) is 0 Å². The van der Waals surface area contributed by atoms with Crippen LogP contribution in [0, 0.1) is 17.0 Å². The lowest BCUT2D eigenvalue weighted by molar-refractivity contribution is -0.384. The van der Waals surface area contributed by atoms with Crippen LogP contribution in [0.1, 0.15) is 28.7 Å². The summed E-state index contributed by atoms with van der Waals surface area (Å²) in [5, 5.41) is 20.5. The Morgan fingerprint density at radius 3 is 2.53 bits per heavy atom. The van der Waals surface area contributed by atoms with Crippen LogP contribution in [-0.4, -0.2) is 33.1 Å².